The van der Waals surface area contributed by atoms with E-state index >= 15 is 0 Å². The van der Waals surface area contributed by atoms with Crippen molar-refractivity contribution < 1.29 is 4.74 Å². The number of hydrogen-bond donors (Lipinski definition) is 1. The van der Waals surface area contributed by atoms with E-state index in [0.29, 0.717) is 6.61 Å². The number of hydrogen-bond acceptors (Lipinski definition) is 4. The molecule has 5 nitrogen and oxygen atoms in total. The van der Waals surface area contributed by atoms with Crippen molar-refractivity contribution in [2.24, 2.45) is 0 Å². The van der Waals surface area contributed by atoms with Gasteiger partial charge in [0.1, 0.15) is 12.4 Å². The molecule has 2 aromatic carbocycles. The molecule has 1 aromatic heterocycles. The van der Waals surface area contributed by atoms with E-state index in [1.54, 1.807) is 0 Å². The first-order valence-electron chi connectivity index (χ1n) is 9.24. The van der Waals surface area contributed by atoms with Gasteiger partial charge in [0.05, 0.1) is 11.9 Å². The zero-order valence-corrected chi connectivity index (χ0v) is 16.4. The van der Waals surface area contributed by atoms with Crippen LogP contribution >= 0.6 is 0 Å². The monoisotopic (exact) mass is 364 g/mol. The molecule has 5 heteroatoms. The standard InChI is InChI=1S/C22H28N4O/c1-25(2)12-13-27-20-11-7-8-18(14-20)16-26(3)17-22-21(15-23-24-22)19-9-5-4-6-10-19/h4-11,14-15H,12-13,16-17H2,1-3H3,(H,23,24). The van der Waals surface area contributed by atoms with E-state index in [0.717, 1.165) is 36.6 Å². The number of aromatic amines is 1. The van der Waals surface area contributed by atoms with Gasteiger partial charge in [-0.15, -0.1) is 0 Å². The summed E-state index contributed by atoms with van der Waals surface area (Å²) in [6.07, 6.45) is 1.90. The SMILES string of the molecule is CN(C)CCOc1cccc(CN(C)Cc2[nH]ncc2-c2ccccc2)c1. The first-order valence-corrected chi connectivity index (χ1v) is 9.24. The maximum absolute atomic E-state index is 5.85. The van der Waals surface area contributed by atoms with Gasteiger partial charge in [-0.3, -0.25) is 10.00 Å². The molecule has 0 atom stereocenters. The highest BCUT2D eigenvalue weighted by Gasteiger charge is 2.10. The molecule has 0 bridgehead atoms. The van der Waals surface area contributed by atoms with Gasteiger partial charge in [-0.05, 0) is 44.4 Å². The van der Waals surface area contributed by atoms with Crippen LogP contribution < -0.4 is 4.74 Å². The van der Waals surface area contributed by atoms with Gasteiger partial charge >= 0.3 is 0 Å². The van der Waals surface area contributed by atoms with Crippen molar-refractivity contribution in [1.82, 2.24) is 20.0 Å². The van der Waals surface area contributed by atoms with E-state index in [2.05, 4.69) is 69.5 Å². The Morgan fingerprint density at radius 2 is 1.78 bits per heavy atom. The van der Waals surface area contributed by atoms with Gasteiger partial charge in [0.2, 0.25) is 0 Å². The van der Waals surface area contributed by atoms with Crippen LogP contribution in [0.25, 0.3) is 11.1 Å². The van der Waals surface area contributed by atoms with Gasteiger partial charge in [0.25, 0.3) is 0 Å². The second-order valence-electron chi connectivity index (χ2n) is 7.10. The van der Waals surface area contributed by atoms with Crippen molar-refractivity contribution in [3.63, 3.8) is 0 Å². The third-order valence-corrected chi connectivity index (χ3v) is 4.39. The fraction of sp³-hybridized carbons (Fsp3) is 0.318. The van der Waals surface area contributed by atoms with Crippen LogP contribution in [0.4, 0.5) is 0 Å². The Bertz CT molecular complexity index is 829. The van der Waals surface area contributed by atoms with Gasteiger partial charge < -0.3 is 9.64 Å². The lowest BCUT2D eigenvalue weighted by Gasteiger charge is -2.17. The summed E-state index contributed by atoms with van der Waals surface area (Å²) < 4.78 is 5.85. The third-order valence-electron chi connectivity index (χ3n) is 4.39. The number of rotatable bonds is 9. The highest BCUT2D eigenvalue weighted by molar-refractivity contribution is 5.64. The smallest absolute Gasteiger partial charge is 0.119 e. The normalized spacial score (nSPS) is 11.3. The van der Waals surface area contributed by atoms with Crippen LogP contribution in [0.5, 0.6) is 5.75 Å². The molecule has 0 amide bonds. The van der Waals surface area contributed by atoms with Crippen LogP contribution in [0.2, 0.25) is 0 Å². The highest BCUT2D eigenvalue weighted by atomic mass is 16.5. The van der Waals surface area contributed by atoms with E-state index in [1.165, 1.54) is 11.1 Å². The third kappa shape index (κ3) is 5.67. The van der Waals surface area contributed by atoms with Crippen LogP contribution in [0.15, 0.2) is 60.8 Å². The Balaban J connectivity index is 1.60. The average Bonchev–Trinajstić information content (AvgIpc) is 3.10. The largest absolute Gasteiger partial charge is 0.492 e. The molecular formula is C22H28N4O. The van der Waals surface area contributed by atoms with Crippen LogP contribution in [0.3, 0.4) is 0 Å². The fourth-order valence-electron chi connectivity index (χ4n) is 3.02. The molecule has 0 unspecified atom stereocenters. The summed E-state index contributed by atoms with van der Waals surface area (Å²) in [5, 5.41) is 7.39. The van der Waals surface area contributed by atoms with Crippen LogP contribution in [-0.2, 0) is 13.1 Å². The molecule has 27 heavy (non-hydrogen) atoms. The Morgan fingerprint density at radius 1 is 0.963 bits per heavy atom. The van der Waals surface area contributed by atoms with Gasteiger partial charge in [-0.1, -0.05) is 42.5 Å². The fourth-order valence-corrected chi connectivity index (χ4v) is 3.02. The van der Waals surface area contributed by atoms with E-state index in [-0.39, 0.29) is 0 Å². The van der Waals surface area contributed by atoms with Crippen LogP contribution in [-0.4, -0.2) is 54.3 Å². The topological polar surface area (TPSA) is 44.4 Å². The first kappa shape index (κ1) is 19.1. The minimum absolute atomic E-state index is 0.695. The second-order valence-corrected chi connectivity index (χ2v) is 7.10. The molecule has 0 aliphatic heterocycles. The van der Waals surface area contributed by atoms with Crippen LogP contribution in [0, 0.1) is 0 Å². The number of likely N-dealkylation sites (N-methyl/N-ethyl adjacent to an activating group) is 1. The molecule has 1 N–H and O–H groups in total. The summed E-state index contributed by atoms with van der Waals surface area (Å²) in [5.41, 5.74) is 4.71. The molecule has 3 rings (SSSR count). The van der Waals surface area contributed by atoms with Gasteiger partial charge in [0, 0.05) is 25.2 Å². The molecule has 0 spiro atoms. The van der Waals surface area contributed by atoms with Crippen molar-refractivity contribution in [3.8, 4) is 16.9 Å². The number of benzene rings is 2. The number of ether oxygens (including phenoxy) is 1. The van der Waals surface area contributed by atoms with Crippen molar-refractivity contribution in [1.29, 1.82) is 0 Å². The highest BCUT2D eigenvalue weighted by Crippen LogP contribution is 2.23. The molecule has 0 saturated heterocycles. The van der Waals surface area contributed by atoms with Crippen molar-refractivity contribution in [3.05, 3.63) is 72.1 Å². The van der Waals surface area contributed by atoms with E-state index in [9.17, 15) is 0 Å². The zero-order valence-electron chi connectivity index (χ0n) is 16.4. The molecular weight excluding hydrogens is 336 g/mol. The van der Waals surface area contributed by atoms with Crippen LogP contribution in [0.1, 0.15) is 11.3 Å². The number of H-pyrrole nitrogens is 1. The Kier molecular flexibility index (Phi) is 6.63. The van der Waals surface area contributed by atoms with Gasteiger partial charge in [-0.25, -0.2) is 0 Å². The van der Waals surface area contributed by atoms with E-state index in [4.69, 9.17) is 4.74 Å². The van der Waals surface area contributed by atoms with Gasteiger partial charge in [-0.2, -0.15) is 5.10 Å². The minimum atomic E-state index is 0.695. The predicted molar refractivity (Wildman–Crippen MR) is 110 cm³/mol. The summed E-state index contributed by atoms with van der Waals surface area (Å²) >= 11 is 0. The lowest BCUT2D eigenvalue weighted by atomic mass is 10.1. The molecule has 142 valence electrons. The molecule has 3 aromatic rings. The summed E-state index contributed by atoms with van der Waals surface area (Å²) in [5.74, 6) is 0.925. The number of nitrogens with zero attached hydrogens (tertiary/aromatic N) is 3. The lowest BCUT2D eigenvalue weighted by Crippen LogP contribution is -2.20. The lowest BCUT2D eigenvalue weighted by molar-refractivity contribution is 0.260. The second kappa shape index (κ2) is 9.35. The maximum atomic E-state index is 5.85. The summed E-state index contributed by atoms with van der Waals surface area (Å²) in [7, 11) is 6.22. The Morgan fingerprint density at radius 3 is 2.56 bits per heavy atom. The Hall–Kier alpha value is -2.63. The molecule has 0 aliphatic rings. The quantitative estimate of drug-likeness (QED) is 0.629. The minimum Gasteiger partial charge on any atom is -0.492 e. The summed E-state index contributed by atoms with van der Waals surface area (Å²) in [4.78, 5) is 4.39. The predicted octanol–water partition coefficient (Wildman–Crippen LogP) is 3.65. The van der Waals surface area contributed by atoms with Crippen molar-refractivity contribution in [2.75, 3.05) is 34.3 Å². The molecule has 0 saturated carbocycles. The molecule has 0 aliphatic carbocycles. The average molecular weight is 364 g/mol. The maximum Gasteiger partial charge on any atom is 0.119 e. The summed E-state index contributed by atoms with van der Waals surface area (Å²) in [6.45, 7) is 3.25. The first-order chi connectivity index (χ1) is 13.1. The summed E-state index contributed by atoms with van der Waals surface area (Å²) in [6, 6.07) is 18.7. The number of aromatic nitrogens is 2. The Labute approximate surface area is 161 Å². The van der Waals surface area contributed by atoms with E-state index < -0.39 is 0 Å². The van der Waals surface area contributed by atoms with Crippen molar-refractivity contribution >= 4 is 0 Å². The molecule has 1 heterocycles. The number of nitrogens with one attached hydrogen (secondary N) is 1. The van der Waals surface area contributed by atoms with Gasteiger partial charge in [0.15, 0.2) is 0 Å². The van der Waals surface area contributed by atoms with Crippen molar-refractivity contribution in [2.45, 2.75) is 13.1 Å². The van der Waals surface area contributed by atoms with E-state index in [1.807, 2.05) is 32.4 Å². The molecule has 0 radical (unpaired) electrons. The molecule has 0 fully saturated rings. The zero-order chi connectivity index (χ0) is 19.1.